The van der Waals surface area contributed by atoms with Gasteiger partial charge in [-0.3, -0.25) is 0 Å². The first kappa shape index (κ1) is 8.78. The lowest BCUT2D eigenvalue weighted by molar-refractivity contribution is 0.643. The molecule has 0 N–H and O–H groups in total. The molecule has 0 aliphatic heterocycles. The lowest BCUT2D eigenvalue weighted by Crippen LogP contribution is -2.07. The van der Waals surface area contributed by atoms with Gasteiger partial charge in [-0.05, 0) is 30.7 Å². The van der Waals surface area contributed by atoms with E-state index in [4.69, 9.17) is 0 Å². The first-order valence-corrected chi connectivity index (χ1v) is 3.87. The van der Waals surface area contributed by atoms with Crippen LogP contribution < -0.4 is 0 Å². The van der Waals surface area contributed by atoms with Crippen LogP contribution in [-0.4, -0.2) is 25.3 Å². The summed E-state index contributed by atoms with van der Waals surface area (Å²) in [5.41, 5.74) is 2.15. The standard InChI is InChI=1S/C10H13N2/c1-9-6-4-5-7-10(9)11-8-12(2)3/h5-8H,1-3H3. The predicted octanol–water partition coefficient (Wildman–Crippen LogP) is 2.02. The fraction of sp³-hybridized carbons (Fsp3) is 0.300. The Labute approximate surface area is 73.5 Å². The third kappa shape index (κ3) is 2.38. The molecule has 1 aromatic rings. The van der Waals surface area contributed by atoms with E-state index in [1.54, 1.807) is 6.34 Å². The Morgan fingerprint density at radius 3 is 2.83 bits per heavy atom. The zero-order chi connectivity index (χ0) is 8.97. The van der Waals surface area contributed by atoms with Crippen molar-refractivity contribution in [1.29, 1.82) is 0 Å². The fourth-order valence-corrected chi connectivity index (χ4v) is 0.828. The maximum absolute atomic E-state index is 4.29. The van der Waals surface area contributed by atoms with Crippen molar-refractivity contribution in [3.8, 4) is 0 Å². The number of benzene rings is 1. The lowest BCUT2D eigenvalue weighted by atomic mass is 10.2. The molecule has 0 spiro atoms. The van der Waals surface area contributed by atoms with Gasteiger partial charge in [-0.25, -0.2) is 4.99 Å². The van der Waals surface area contributed by atoms with Gasteiger partial charge in [0.05, 0.1) is 12.0 Å². The number of rotatable bonds is 2. The molecule has 1 radical (unpaired) electrons. The predicted molar refractivity (Wildman–Crippen MR) is 51.9 cm³/mol. The maximum atomic E-state index is 4.29. The summed E-state index contributed by atoms with van der Waals surface area (Å²) in [5.74, 6) is 0. The lowest BCUT2D eigenvalue weighted by Gasteiger charge is -2.03. The summed E-state index contributed by atoms with van der Waals surface area (Å²) in [7, 11) is 3.90. The molecule has 0 amide bonds. The van der Waals surface area contributed by atoms with Crippen LogP contribution >= 0.6 is 0 Å². The van der Waals surface area contributed by atoms with Crippen molar-refractivity contribution in [3.63, 3.8) is 0 Å². The molecule has 2 heteroatoms. The van der Waals surface area contributed by atoms with Crippen LogP contribution in [0.4, 0.5) is 5.69 Å². The van der Waals surface area contributed by atoms with Crippen LogP contribution in [0.1, 0.15) is 5.56 Å². The van der Waals surface area contributed by atoms with Crippen molar-refractivity contribution in [1.82, 2.24) is 4.90 Å². The van der Waals surface area contributed by atoms with E-state index >= 15 is 0 Å². The minimum absolute atomic E-state index is 1.00. The van der Waals surface area contributed by atoms with Gasteiger partial charge in [-0.2, -0.15) is 0 Å². The molecule has 1 rings (SSSR count). The number of aryl methyl sites for hydroxylation is 1. The highest BCUT2D eigenvalue weighted by Gasteiger charge is 1.91. The summed E-state index contributed by atoms with van der Waals surface area (Å²) in [6, 6.07) is 8.76. The minimum atomic E-state index is 1.00. The summed E-state index contributed by atoms with van der Waals surface area (Å²) in [4.78, 5) is 6.20. The second-order valence-corrected chi connectivity index (χ2v) is 2.92. The molecule has 1 aromatic carbocycles. The topological polar surface area (TPSA) is 15.6 Å². The Morgan fingerprint density at radius 1 is 1.50 bits per heavy atom. The van der Waals surface area contributed by atoms with Crippen molar-refractivity contribution in [3.05, 3.63) is 29.8 Å². The molecule has 12 heavy (non-hydrogen) atoms. The normalized spacial score (nSPS) is 10.6. The third-order valence-corrected chi connectivity index (χ3v) is 1.47. The Kier molecular flexibility index (Phi) is 2.86. The molecule has 0 atom stereocenters. The van der Waals surface area contributed by atoms with Gasteiger partial charge in [-0.1, -0.05) is 6.07 Å². The molecular weight excluding hydrogens is 148 g/mol. The maximum Gasteiger partial charge on any atom is 0.0907 e. The second kappa shape index (κ2) is 3.90. The Morgan fingerprint density at radius 2 is 2.25 bits per heavy atom. The zero-order valence-corrected chi connectivity index (χ0v) is 7.70. The molecule has 63 valence electrons. The zero-order valence-electron chi connectivity index (χ0n) is 7.70. The quantitative estimate of drug-likeness (QED) is 0.478. The first-order chi connectivity index (χ1) is 5.70. The highest BCUT2D eigenvalue weighted by atomic mass is 15.1. The van der Waals surface area contributed by atoms with Crippen LogP contribution in [0.3, 0.4) is 0 Å². The van der Waals surface area contributed by atoms with Crippen molar-refractivity contribution in [2.75, 3.05) is 14.1 Å². The van der Waals surface area contributed by atoms with Crippen LogP contribution in [0.2, 0.25) is 0 Å². The molecule has 0 saturated carbocycles. The van der Waals surface area contributed by atoms with Gasteiger partial charge in [0.2, 0.25) is 0 Å². The smallest absolute Gasteiger partial charge is 0.0907 e. The highest BCUT2D eigenvalue weighted by Crippen LogP contribution is 2.15. The van der Waals surface area contributed by atoms with Gasteiger partial charge >= 0.3 is 0 Å². The van der Waals surface area contributed by atoms with E-state index in [2.05, 4.69) is 11.1 Å². The molecule has 0 aromatic heterocycles. The molecule has 0 aliphatic rings. The van der Waals surface area contributed by atoms with E-state index in [1.165, 1.54) is 0 Å². The van der Waals surface area contributed by atoms with E-state index in [9.17, 15) is 0 Å². The minimum Gasteiger partial charge on any atom is -0.369 e. The molecule has 0 unspecified atom stereocenters. The second-order valence-electron chi connectivity index (χ2n) is 2.92. The summed E-state index contributed by atoms with van der Waals surface area (Å²) in [6.45, 7) is 2.03. The van der Waals surface area contributed by atoms with E-state index in [-0.39, 0.29) is 0 Å². The van der Waals surface area contributed by atoms with Crippen LogP contribution in [0, 0.1) is 13.0 Å². The molecule has 0 fully saturated rings. The average Bonchev–Trinajstić information content (AvgIpc) is 2.03. The summed E-state index contributed by atoms with van der Waals surface area (Å²) >= 11 is 0. The Bertz CT molecular complexity index is 277. The summed E-state index contributed by atoms with van der Waals surface area (Å²) in [6.07, 6.45) is 1.79. The van der Waals surface area contributed by atoms with Gasteiger partial charge in [0, 0.05) is 14.1 Å². The van der Waals surface area contributed by atoms with Crippen molar-refractivity contribution in [2.24, 2.45) is 4.99 Å². The molecular formula is C10H13N2. The molecule has 0 aliphatic carbocycles. The Hall–Kier alpha value is -1.31. The third-order valence-electron chi connectivity index (χ3n) is 1.47. The van der Waals surface area contributed by atoms with E-state index in [1.807, 2.05) is 44.1 Å². The molecule has 0 saturated heterocycles. The van der Waals surface area contributed by atoms with Crippen LogP contribution in [0.5, 0.6) is 0 Å². The molecule has 0 heterocycles. The van der Waals surface area contributed by atoms with Gasteiger partial charge in [0.25, 0.3) is 0 Å². The molecule has 2 nitrogen and oxygen atoms in total. The van der Waals surface area contributed by atoms with E-state index in [0.717, 1.165) is 11.3 Å². The summed E-state index contributed by atoms with van der Waals surface area (Å²) < 4.78 is 0. The van der Waals surface area contributed by atoms with Crippen molar-refractivity contribution < 1.29 is 0 Å². The van der Waals surface area contributed by atoms with Gasteiger partial charge in [-0.15, -0.1) is 0 Å². The first-order valence-electron chi connectivity index (χ1n) is 3.87. The Balaban J connectivity index is 2.82. The number of aliphatic imine (C=N–C) groups is 1. The van der Waals surface area contributed by atoms with E-state index in [0.29, 0.717) is 0 Å². The van der Waals surface area contributed by atoms with Crippen molar-refractivity contribution >= 4 is 12.0 Å². The number of hydrogen-bond donors (Lipinski definition) is 0. The molecule has 0 bridgehead atoms. The van der Waals surface area contributed by atoms with Crippen LogP contribution in [0.25, 0.3) is 0 Å². The number of hydrogen-bond acceptors (Lipinski definition) is 1. The van der Waals surface area contributed by atoms with Gasteiger partial charge in [0.15, 0.2) is 0 Å². The monoisotopic (exact) mass is 161 g/mol. The summed E-state index contributed by atoms with van der Waals surface area (Å²) in [5, 5.41) is 0. The van der Waals surface area contributed by atoms with Gasteiger partial charge in [0.1, 0.15) is 0 Å². The average molecular weight is 161 g/mol. The van der Waals surface area contributed by atoms with Crippen molar-refractivity contribution in [2.45, 2.75) is 6.92 Å². The van der Waals surface area contributed by atoms with E-state index < -0.39 is 0 Å². The fourth-order valence-electron chi connectivity index (χ4n) is 0.828. The largest absolute Gasteiger partial charge is 0.369 e. The number of nitrogens with zero attached hydrogens (tertiary/aromatic N) is 2. The van der Waals surface area contributed by atoms with Gasteiger partial charge < -0.3 is 4.90 Å². The SMILES string of the molecule is Cc1c[c]ccc1N=CN(C)C. The van der Waals surface area contributed by atoms with Crippen LogP contribution in [-0.2, 0) is 0 Å². The van der Waals surface area contributed by atoms with Crippen LogP contribution in [0.15, 0.2) is 23.2 Å². The highest BCUT2D eigenvalue weighted by molar-refractivity contribution is 5.62.